The van der Waals surface area contributed by atoms with Crippen LogP contribution in [0.5, 0.6) is 0 Å². The van der Waals surface area contributed by atoms with E-state index in [9.17, 15) is 9.18 Å². The number of carbonyl (C=O) groups excluding carboxylic acids is 1. The maximum absolute atomic E-state index is 14.1. The molecule has 2 heterocycles. The van der Waals surface area contributed by atoms with Gasteiger partial charge in [0.1, 0.15) is 11.6 Å². The van der Waals surface area contributed by atoms with E-state index in [1.807, 2.05) is 13.8 Å². The van der Waals surface area contributed by atoms with Crippen LogP contribution in [-0.2, 0) is 4.74 Å². The van der Waals surface area contributed by atoms with Crippen LogP contribution in [0.2, 0.25) is 0 Å². The lowest BCUT2D eigenvalue weighted by atomic mass is 9.90. The molecule has 8 nitrogen and oxygen atoms in total. The Hall–Kier alpha value is -2.23. The van der Waals surface area contributed by atoms with Crippen LogP contribution >= 0.6 is 24.8 Å². The minimum atomic E-state index is -0.365. The molecule has 2 aromatic rings. The van der Waals surface area contributed by atoms with E-state index in [0.29, 0.717) is 29.9 Å². The molecule has 2 aliphatic rings. The molecule has 0 bridgehead atoms. The van der Waals surface area contributed by atoms with E-state index >= 15 is 0 Å². The van der Waals surface area contributed by atoms with Gasteiger partial charge < -0.3 is 20.7 Å². The van der Waals surface area contributed by atoms with Crippen molar-refractivity contribution in [1.82, 2.24) is 20.6 Å². The molecule has 0 spiro atoms. The Kier molecular flexibility index (Phi) is 11.1. The topological polar surface area (TPSA) is 101 Å². The molecular weight excluding hydrogens is 506 g/mol. The van der Waals surface area contributed by atoms with Gasteiger partial charge >= 0.3 is 0 Å². The molecule has 36 heavy (non-hydrogen) atoms. The van der Waals surface area contributed by atoms with Crippen molar-refractivity contribution < 1.29 is 13.9 Å². The van der Waals surface area contributed by atoms with Gasteiger partial charge in [-0.2, -0.15) is 0 Å². The fourth-order valence-electron chi connectivity index (χ4n) is 4.68. The van der Waals surface area contributed by atoms with Crippen molar-refractivity contribution >= 4 is 53.3 Å². The molecule has 1 aromatic heterocycles. The van der Waals surface area contributed by atoms with Crippen LogP contribution in [0, 0.1) is 11.2 Å². The lowest BCUT2D eigenvalue weighted by Crippen LogP contribution is -2.48. The summed E-state index contributed by atoms with van der Waals surface area (Å²) in [6.07, 6.45) is 6.29. The number of hydrogen-bond donors (Lipinski definition) is 3. The monoisotopic (exact) mass is 542 g/mol. The number of aromatic nitrogens is 2. The molecule has 1 saturated carbocycles. The van der Waals surface area contributed by atoms with Crippen molar-refractivity contribution in [3.05, 3.63) is 29.8 Å². The SMILES string of the molecule is COCC(C)(C)CNC(=O)c1nc(N[C@H]2CCCC[C@H]2NC2=NCCC2)c2cc(F)ccc2n1.Cl.Cl. The van der Waals surface area contributed by atoms with Crippen molar-refractivity contribution in [1.29, 1.82) is 0 Å². The number of fused-ring (bicyclic) bond motifs is 1. The third-order valence-electron chi connectivity index (χ3n) is 6.44. The fourth-order valence-corrected chi connectivity index (χ4v) is 4.68. The highest BCUT2D eigenvalue weighted by molar-refractivity contribution is 5.96. The second-order valence-corrected chi connectivity index (χ2v) is 10.1. The van der Waals surface area contributed by atoms with Crippen LogP contribution in [0.3, 0.4) is 0 Å². The van der Waals surface area contributed by atoms with Gasteiger partial charge in [0, 0.05) is 49.5 Å². The van der Waals surface area contributed by atoms with Gasteiger partial charge in [0.25, 0.3) is 5.91 Å². The number of rotatable bonds is 8. The van der Waals surface area contributed by atoms with Gasteiger partial charge in [-0.05, 0) is 37.5 Å². The van der Waals surface area contributed by atoms with Gasteiger partial charge in [0.2, 0.25) is 5.82 Å². The van der Waals surface area contributed by atoms with E-state index in [1.54, 1.807) is 13.2 Å². The highest BCUT2D eigenvalue weighted by Gasteiger charge is 2.28. The summed E-state index contributed by atoms with van der Waals surface area (Å²) in [4.78, 5) is 26.5. The van der Waals surface area contributed by atoms with Crippen LogP contribution in [0.4, 0.5) is 10.2 Å². The first-order valence-corrected chi connectivity index (χ1v) is 12.2. The van der Waals surface area contributed by atoms with Crippen molar-refractivity contribution in [3.8, 4) is 0 Å². The number of carbonyl (C=O) groups is 1. The lowest BCUT2D eigenvalue weighted by molar-refractivity contribution is 0.0839. The van der Waals surface area contributed by atoms with Gasteiger partial charge in [0.05, 0.1) is 18.0 Å². The number of methoxy groups -OCH3 is 1. The number of aliphatic imine (C=N–C) groups is 1. The summed E-state index contributed by atoms with van der Waals surface area (Å²) in [6, 6.07) is 4.66. The number of nitrogens with one attached hydrogen (secondary N) is 3. The maximum atomic E-state index is 14.1. The Bertz CT molecular complexity index is 1070. The Morgan fingerprint density at radius 1 is 1.11 bits per heavy atom. The van der Waals surface area contributed by atoms with Crippen molar-refractivity contribution in [2.45, 2.75) is 64.5 Å². The molecule has 0 saturated heterocycles. The Balaban J connectivity index is 0.00000228. The number of ether oxygens (including phenoxy) is 1. The highest BCUT2D eigenvalue weighted by Crippen LogP contribution is 2.27. The van der Waals surface area contributed by atoms with Crippen LogP contribution in [0.25, 0.3) is 10.9 Å². The van der Waals surface area contributed by atoms with Gasteiger partial charge in [-0.15, -0.1) is 24.8 Å². The third kappa shape index (κ3) is 7.63. The van der Waals surface area contributed by atoms with Gasteiger partial charge in [-0.25, -0.2) is 14.4 Å². The zero-order chi connectivity index (χ0) is 24.1. The molecule has 200 valence electrons. The minimum absolute atomic E-state index is 0. The average Bonchev–Trinajstić information content (AvgIpc) is 3.32. The molecule has 1 amide bonds. The van der Waals surface area contributed by atoms with Crippen LogP contribution in [-0.4, -0.2) is 60.6 Å². The first-order chi connectivity index (χ1) is 16.3. The molecule has 4 rings (SSSR count). The first-order valence-electron chi connectivity index (χ1n) is 12.2. The molecular formula is C25H37Cl2FN6O2. The first kappa shape index (κ1) is 30.0. The molecule has 0 radical (unpaired) electrons. The standard InChI is InChI=1S/C25H35FN6O2.2ClH/c1-25(2,15-34-3)14-28-24(33)23-30-18-11-10-16(26)13-17(18)22(32-23)31-20-8-5-4-7-19(20)29-21-9-6-12-27-21;;/h10-11,13,19-20H,4-9,12,14-15H2,1-3H3,(H,27,29)(H,28,33)(H,30,31,32);2*1H/t19-,20+;;/m1../s1. The smallest absolute Gasteiger partial charge is 0.289 e. The van der Waals surface area contributed by atoms with Gasteiger partial charge in [0.15, 0.2) is 0 Å². The van der Waals surface area contributed by atoms with E-state index in [2.05, 4.69) is 30.9 Å². The quantitative estimate of drug-likeness (QED) is 0.453. The number of halogens is 3. The number of hydrogen-bond acceptors (Lipinski definition) is 7. The third-order valence-corrected chi connectivity index (χ3v) is 6.44. The molecule has 1 aliphatic carbocycles. The Morgan fingerprint density at radius 3 is 2.50 bits per heavy atom. The number of amidine groups is 1. The Labute approximate surface area is 224 Å². The van der Waals surface area contributed by atoms with Gasteiger partial charge in [-0.1, -0.05) is 26.7 Å². The molecule has 0 unspecified atom stereocenters. The van der Waals surface area contributed by atoms with E-state index in [4.69, 9.17) is 4.74 Å². The summed E-state index contributed by atoms with van der Waals surface area (Å²) in [5, 5.41) is 10.6. The number of nitrogens with zero attached hydrogens (tertiary/aromatic N) is 3. The molecule has 2 atom stereocenters. The minimum Gasteiger partial charge on any atom is -0.384 e. The van der Waals surface area contributed by atoms with Crippen molar-refractivity contribution in [2.75, 3.05) is 32.1 Å². The molecule has 3 N–H and O–H groups in total. The predicted octanol–water partition coefficient (Wildman–Crippen LogP) is 4.52. The fraction of sp³-hybridized carbons (Fsp3) is 0.600. The maximum Gasteiger partial charge on any atom is 0.289 e. The van der Waals surface area contributed by atoms with Crippen LogP contribution in [0.1, 0.15) is 63.0 Å². The largest absolute Gasteiger partial charge is 0.384 e. The molecule has 1 fully saturated rings. The van der Waals surface area contributed by atoms with E-state index in [1.165, 1.54) is 12.1 Å². The molecule has 1 aliphatic heterocycles. The normalized spacial score (nSPS) is 19.6. The summed E-state index contributed by atoms with van der Waals surface area (Å²) in [5.74, 6) is 0.887. The summed E-state index contributed by atoms with van der Waals surface area (Å²) in [7, 11) is 1.64. The van der Waals surface area contributed by atoms with Crippen molar-refractivity contribution in [3.63, 3.8) is 0 Å². The van der Waals surface area contributed by atoms with E-state index in [-0.39, 0.29) is 59.9 Å². The van der Waals surface area contributed by atoms with Crippen LogP contribution < -0.4 is 16.0 Å². The second-order valence-electron chi connectivity index (χ2n) is 10.1. The number of benzene rings is 1. The van der Waals surface area contributed by atoms with E-state index in [0.717, 1.165) is 50.9 Å². The summed E-state index contributed by atoms with van der Waals surface area (Å²) < 4.78 is 19.4. The second kappa shape index (κ2) is 13.4. The van der Waals surface area contributed by atoms with E-state index < -0.39 is 0 Å². The summed E-state index contributed by atoms with van der Waals surface area (Å²) in [6.45, 7) is 5.84. The molecule has 11 heteroatoms. The lowest BCUT2D eigenvalue weighted by Gasteiger charge is -2.34. The molecule has 1 aromatic carbocycles. The summed E-state index contributed by atoms with van der Waals surface area (Å²) in [5.41, 5.74) is 0.302. The van der Waals surface area contributed by atoms with Crippen LogP contribution in [0.15, 0.2) is 23.2 Å². The van der Waals surface area contributed by atoms with Gasteiger partial charge in [-0.3, -0.25) is 9.79 Å². The number of amides is 1. The number of anilines is 1. The highest BCUT2D eigenvalue weighted by atomic mass is 35.5. The Morgan fingerprint density at radius 2 is 1.83 bits per heavy atom. The summed E-state index contributed by atoms with van der Waals surface area (Å²) >= 11 is 0. The predicted molar refractivity (Wildman–Crippen MR) is 146 cm³/mol. The average molecular weight is 544 g/mol. The van der Waals surface area contributed by atoms with Crippen molar-refractivity contribution in [2.24, 2.45) is 10.4 Å². The zero-order valence-electron chi connectivity index (χ0n) is 21.1. The zero-order valence-corrected chi connectivity index (χ0v) is 22.7.